The molecule has 0 unspecified atom stereocenters. The van der Waals surface area contributed by atoms with Gasteiger partial charge in [0.15, 0.2) is 5.78 Å². The van der Waals surface area contributed by atoms with E-state index in [9.17, 15) is 9.18 Å². The molecule has 1 rings (SSSR count). The molecular weight excluding hydrogens is 179 g/mol. The smallest absolute Gasteiger partial charge is 0.163 e. The lowest BCUT2D eigenvalue weighted by Crippen LogP contribution is -1.98. The maximum absolute atomic E-state index is 12.7. The maximum atomic E-state index is 12.7. The Labute approximate surface area is 82.9 Å². The van der Waals surface area contributed by atoms with Gasteiger partial charge < -0.3 is 0 Å². The Kier molecular flexibility index (Phi) is 3.87. The minimum atomic E-state index is -0.382. The van der Waals surface area contributed by atoms with Crippen LogP contribution in [0.2, 0.25) is 0 Å². The molecule has 0 fully saturated rings. The van der Waals surface area contributed by atoms with Crippen molar-refractivity contribution in [1.29, 1.82) is 0 Å². The predicted molar refractivity (Wildman–Crippen MR) is 53.4 cm³/mol. The van der Waals surface area contributed by atoms with Crippen molar-refractivity contribution in [3.63, 3.8) is 0 Å². The van der Waals surface area contributed by atoms with Crippen LogP contribution in [-0.4, -0.2) is 5.78 Å². The van der Waals surface area contributed by atoms with Crippen LogP contribution < -0.4 is 0 Å². The van der Waals surface area contributed by atoms with Gasteiger partial charge in [0, 0.05) is 18.4 Å². The number of benzene rings is 1. The van der Waals surface area contributed by atoms with Crippen molar-refractivity contribution in [1.82, 2.24) is 0 Å². The Morgan fingerprint density at radius 2 is 2.29 bits per heavy atom. The topological polar surface area (TPSA) is 17.1 Å². The van der Waals surface area contributed by atoms with Crippen LogP contribution in [0.3, 0.4) is 0 Å². The van der Waals surface area contributed by atoms with Gasteiger partial charge in [-0.2, -0.15) is 0 Å². The van der Waals surface area contributed by atoms with Crippen LogP contribution in [-0.2, 0) is 0 Å². The molecule has 0 atom stereocenters. The van der Waals surface area contributed by atoms with E-state index in [2.05, 4.69) is 5.92 Å². The monoisotopic (exact) mass is 190 g/mol. The number of Topliss-reactive ketones (excluding diaryl/α,β-unsaturated/α-hetero) is 1. The molecule has 1 nitrogen and oxygen atoms in total. The zero-order chi connectivity index (χ0) is 10.4. The first-order chi connectivity index (χ1) is 6.74. The average molecular weight is 190 g/mol. The van der Waals surface area contributed by atoms with Crippen molar-refractivity contribution in [3.8, 4) is 12.3 Å². The summed E-state index contributed by atoms with van der Waals surface area (Å²) in [5, 5.41) is 0. The molecule has 14 heavy (non-hydrogen) atoms. The Hall–Kier alpha value is -1.62. The molecule has 1 aromatic rings. The fraction of sp³-hybridized carbons (Fsp3) is 0.250. The zero-order valence-corrected chi connectivity index (χ0v) is 7.79. The number of unbranched alkanes of at least 4 members (excludes halogenated alkanes) is 1. The molecule has 0 saturated carbocycles. The number of halogens is 1. The van der Waals surface area contributed by atoms with E-state index in [0.29, 0.717) is 24.8 Å². The van der Waals surface area contributed by atoms with Gasteiger partial charge in [-0.15, -0.1) is 12.3 Å². The molecule has 0 bridgehead atoms. The highest BCUT2D eigenvalue weighted by Gasteiger charge is 2.05. The van der Waals surface area contributed by atoms with Crippen LogP contribution in [0.4, 0.5) is 4.39 Å². The molecule has 0 heterocycles. The Balaban J connectivity index is 2.57. The molecule has 0 saturated heterocycles. The van der Waals surface area contributed by atoms with Crippen molar-refractivity contribution >= 4 is 5.78 Å². The lowest BCUT2D eigenvalue weighted by Gasteiger charge is -1.98. The van der Waals surface area contributed by atoms with Gasteiger partial charge in [0.2, 0.25) is 0 Å². The number of hydrogen-bond donors (Lipinski definition) is 0. The summed E-state index contributed by atoms with van der Waals surface area (Å²) >= 11 is 0. The molecular formula is C12H11FO. The first-order valence-electron chi connectivity index (χ1n) is 4.46. The van der Waals surface area contributed by atoms with Crippen molar-refractivity contribution in [2.24, 2.45) is 0 Å². The summed E-state index contributed by atoms with van der Waals surface area (Å²) in [5.41, 5.74) is 0.419. The Morgan fingerprint density at radius 1 is 1.50 bits per heavy atom. The summed E-state index contributed by atoms with van der Waals surface area (Å²) in [6.07, 6.45) is 6.68. The third-order valence-electron chi connectivity index (χ3n) is 1.87. The van der Waals surface area contributed by atoms with Crippen LogP contribution in [0.25, 0.3) is 0 Å². The highest BCUT2D eigenvalue weighted by atomic mass is 19.1. The first kappa shape index (κ1) is 10.5. The quantitative estimate of drug-likeness (QED) is 0.405. The van der Waals surface area contributed by atoms with E-state index in [1.54, 1.807) is 6.07 Å². The highest BCUT2D eigenvalue weighted by molar-refractivity contribution is 5.95. The third kappa shape index (κ3) is 3.02. The van der Waals surface area contributed by atoms with Gasteiger partial charge in [0.1, 0.15) is 5.82 Å². The summed E-state index contributed by atoms with van der Waals surface area (Å²) in [6, 6.07) is 5.71. The molecule has 0 aromatic heterocycles. The van der Waals surface area contributed by atoms with Gasteiger partial charge in [-0.3, -0.25) is 4.79 Å². The molecule has 0 aliphatic heterocycles. The molecule has 2 heteroatoms. The van der Waals surface area contributed by atoms with Crippen LogP contribution in [0.5, 0.6) is 0 Å². The molecule has 0 radical (unpaired) electrons. The van der Waals surface area contributed by atoms with Crippen LogP contribution in [0, 0.1) is 18.2 Å². The van der Waals surface area contributed by atoms with Crippen molar-refractivity contribution in [2.75, 3.05) is 0 Å². The fourth-order valence-corrected chi connectivity index (χ4v) is 1.16. The van der Waals surface area contributed by atoms with E-state index in [1.807, 2.05) is 0 Å². The maximum Gasteiger partial charge on any atom is 0.163 e. The van der Waals surface area contributed by atoms with E-state index in [0.717, 1.165) is 0 Å². The number of carbonyl (C=O) groups excluding carboxylic acids is 1. The van der Waals surface area contributed by atoms with E-state index >= 15 is 0 Å². The van der Waals surface area contributed by atoms with E-state index in [-0.39, 0.29) is 11.6 Å². The SMILES string of the molecule is C#CCCCC(=O)c1cccc(F)c1. The normalized spacial score (nSPS) is 9.43. The standard InChI is InChI=1S/C12H11FO/c1-2-3-4-8-12(14)10-6-5-7-11(13)9-10/h1,5-7,9H,3-4,8H2. The summed E-state index contributed by atoms with van der Waals surface area (Å²) < 4.78 is 12.7. The molecule has 1 aromatic carbocycles. The summed E-state index contributed by atoms with van der Waals surface area (Å²) in [6.45, 7) is 0. The summed E-state index contributed by atoms with van der Waals surface area (Å²) in [5.74, 6) is 2.02. The van der Waals surface area contributed by atoms with Crippen LogP contribution in [0.1, 0.15) is 29.6 Å². The van der Waals surface area contributed by atoms with Gasteiger partial charge in [-0.05, 0) is 18.6 Å². The largest absolute Gasteiger partial charge is 0.294 e. The number of rotatable bonds is 4. The van der Waals surface area contributed by atoms with Crippen molar-refractivity contribution in [2.45, 2.75) is 19.3 Å². The predicted octanol–water partition coefficient (Wildman–Crippen LogP) is 2.81. The first-order valence-corrected chi connectivity index (χ1v) is 4.46. The molecule has 0 spiro atoms. The zero-order valence-electron chi connectivity index (χ0n) is 7.79. The second-order valence-electron chi connectivity index (χ2n) is 2.99. The van der Waals surface area contributed by atoms with Crippen molar-refractivity contribution in [3.05, 3.63) is 35.6 Å². The molecule has 0 amide bonds. The van der Waals surface area contributed by atoms with Crippen LogP contribution in [0.15, 0.2) is 24.3 Å². The average Bonchev–Trinajstić information content (AvgIpc) is 2.18. The van der Waals surface area contributed by atoms with Gasteiger partial charge in [0.25, 0.3) is 0 Å². The van der Waals surface area contributed by atoms with E-state index in [1.165, 1.54) is 18.2 Å². The molecule has 72 valence electrons. The van der Waals surface area contributed by atoms with E-state index in [4.69, 9.17) is 6.42 Å². The second kappa shape index (κ2) is 5.18. The van der Waals surface area contributed by atoms with Gasteiger partial charge >= 0.3 is 0 Å². The molecule has 0 aliphatic rings. The minimum absolute atomic E-state index is 0.0558. The Morgan fingerprint density at radius 3 is 2.93 bits per heavy atom. The molecule has 0 N–H and O–H groups in total. The summed E-state index contributed by atoms with van der Waals surface area (Å²) in [7, 11) is 0. The summed E-state index contributed by atoms with van der Waals surface area (Å²) in [4.78, 5) is 11.4. The van der Waals surface area contributed by atoms with Crippen molar-refractivity contribution < 1.29 is 9.18 Å². The molecule has 0 aliphatic carbocycles. The second-order valence-corrected chi connectivity index (χ2v) is 2.99. The number of carbonyl (C=O) groups is 1. The van der Waals surface area contributed by atoms with E-state index < -0.39 is 0 Å². The van der Waals surface area contributed by atoms with Gasteiger partial charge in [0.05, 0.1) is 0 Å². The number of hydrogen-bond acceptors (Lipinski definition) is 1. The Bertz CT molecular complexity index is 363. The highest BCUT2D eigenvalue weighted by Crippen LogP contribution is 2.08. The minimum Gasteiger partial charge on any atom is -0.294 e. The third-order valence-corrected chi connectivity index (χ3v) is 1.87. The lowest BCUT2D eigenvalue weighted by atomic mass is 10.1. The van der Waals surface area contributed by atoms with Gasteiger partial charge in [-0.25, -0.2) is 4.39 Å². The lowest BCUT2D eigenvalue weighted by molar-refractivity contribution is 0.0980. The van der Waals surface area contributed by atoms with Gasteiger partial charge in [-0.1, -0.05) is 12.1 Å². The van der Waals surface area contributed by atoms with Crippen LogP contribution >= 0.6 is 0 Å². The number of terminal acetylenes is 1. The fourth-order valence-electron chi connectivity index (χ4n) is 1.16. The number of ketones is 1.